The molecule has 166 valence electrons. The Kier molecular flexibility index (Phi) is 15.7. The molecule has 8 heteroatoms. The molecule has 1 unspecified atom stereocenters. The minimum Gasteiger partial charge on any atom is -0.756 e. The lowest BCUT2D eigenvalue weighted by Crippen LogP contribution is -2.37. The molecule has 0 amide bonds. The molecule has 0 bridgehead atoms. The predicted octanol–water partition coefficient (Wildman–Crippen LogP) is 3.82. The maximum absolute atomic E-state index is 11.6. The van der Waals surface area contributed by atoms with Crippen LogP contribution in [0, 0.1) is 0 Å². The third kappa shape index (κ3) is 20.0. The minimum atomic E-state index is -4.16. The van der Waals surface area contributed by atoms with Crippen LogP contribution in [0.3, 0.4) is 0 Å². The highest BCUT2D eigenvalue weighted by Crippen LogP contribution is 2.38. The molecule has 0 aromatic carbocycles. The molecule has 0 fully saturated rings. The zero-order valence-electron chi connectivity index (χ0n) is 18.0. The highest BCUT2D eigenvalue weighted by Gasteiger charge is 2.12. The van der Waals surface area contributed by atoms with Crippen molar-refractivity contribution in [3.63, 3.8) is 0 Å². The molecule has 0 heterocycles. The quantitative estimate of drug-likeness (QED) is 0.104. The summed E-state index contributed by atoms with van der Waals surface area (Å²) in [6.45, 7) is 4.78. The fourth-order valence-corrected chi connectivity index (χ4v) is 3.22. The first-order valence-corrected chi connectivity index (χ1v) is 11.8. The Labute approximate surface area is 171 Å². The maximum atomic E-state index is 11.6. The molecule has 0 aromatic rings. The molecule has 0 saturated heterocycles. The third-order valence-electron chi connectivity index (χ3n) is 4.21. The van der Waals surface area contributed by atoms with Crippen LogP contribution in [0.2, 0.25) is 0 Å². The van der Waals surface area contributed by atoms with Crippen molar-refractivity contribution in [3.8, 4) is 0 Å². The number of phosphoric acid groups is 1. The van der Waals surface area contributed by atoms with Gasteiger partial charge in [0.1, 0.15) is 13.2 Å². The molecule has 0 aliphatic carbocycles. The normalized spacial score (nSPS) is 13.9. The summed E-state index contributed by atoms with van der Waals surface area (Å²) >= 11 is 0. The highest BCUT2D eigenvalue weighted by atomic mass is 31.2. The molecule has 0 aliphatic rings. The first-order chi connectivity index (χ1) is 13.2. The number of carbonyl (C=O) groups is 1. The van der Waals surface area contributed by atoms with Crippen LogP contribution in [0.1, 0.15) is 64.2 Å². The van der Waals surface area contributed by atoms with Gasteiger partial charge < -0.3 is 23.2 Å². The fraction of sp³-hybridized carbons (Fsp3) is 0.850. The van der Waals surface area contributed by atoms with Crippen LogP contribution < -0.4 is 4.89 Å². The van der Waals surface area contributed by atoms with Crippen molar-refractivity contribution in [2.24, 2.45) is 0 Å². The molecule has 0 N–H and O–H groups in total. The third-order valence-corrected chi connectivity index (χ3v) is 5.21. The molecule has 1 atom stereocenters. The number of esters is 1. The Morgan fingerprint density at radius 2 is 1.29 bits per heavy atom. The molecule has 0 rings (SSSR count). The lowest BCUT2D eigenvalue weighted by Gasteiger charge is -2.27. The number of quaternary nitrogens is 1. The lowest BCUT2D eigenvalue weighted by atomic mass is 10.1. The first-order valence-electron chi connectivity index (χ1n) is 10.4. The zero-order chi connectivity index (χ0) is 21.3. The first kappa shape index (κ1) is 27.3. The summed E-state index contributed by atoms with van der Waals surface area (Å²) < 4.78 is 26.9. The van der Waals surface area contributed by atoms with Gasteiger partial charge in [-0.3, -0.25) is 4.57 Å². The van der Waals surface area contributed by atoms with E-state index in [0.717, 1.165) is 44.9 Å². The Morgan fingerprint density at radius 3 is 1.75 bits per heavy atom. The van der Waals surface area contributed by atoms with Gasteiger partial charge in [0.05, 0.1) is 34.4 Å². The van der Waals surface area contributed by atoms with Gasteiger partial charge in [0.15, 0.2) is 0 Å². The molecular formula is C20H40NO6P. The van der Waals surface area contributed by atoms with Crippen LogP contribution in [0.5, 0.6) is 0 Å². The van der Waals surface area contributed by atoms with E-state index in [0.29, 0.717) is 17.6 Å². The Balaban J connectivity index is 3.36. The largest absolute Gasteiger partial charge is 0.756 e. The lowest BCUT2D eigenvalue weighted by molar-refractivity contribution is -0.870. The van der Waals surface area contributed by atoms with Crippen LogP contribution >= 0.6 is 7.82 Å². The summed E-state index contributed by atoms with van der Waals surface area (Å²) in [6, 6.07) is 0. The molecular weight excluding hydrogens is 381 g/mol. The van der Waals surface area contributed by atoms with Crippen LogP contribution in [0.25, 0.3) is 0 Å². The Bertz CT molecular complexity index is 464. The summed E-state index contributed by atoms with van der Waals surface area (Å²) in [5, 5.41) is 0. The van der Waals surface area contributed by atoms with Crippen LogP contribution in [-0.4, -0.2) is 58.0 Å². The number of phosphoric ester groups is 1. The Morgan fingerprint density at radius 1 is 0.857 bits per heavy atom. The monoisotopic (exact) mass is 421 g/mol. The summed E-state index contributed by atoms with van der Waals surface area (Å²) in [4.78, 5) is 22.5. The van der Waals surface area contributed by atoms with Gasteiger partial charge >= 0.3 is 5.97 Å². The average molecular weight is 422 g/mol. The summed E-state index contributed by atoms with van der Waals surface area (Å²) in [5.74, 6) is -0.351. The van der Waals surface area contributed by atoms with Crippen molar-refractivity contribution in [3.05, 3.63) is 12.7 Å². The van der Waals surface area contributed by atoms with Crippen molar-refractivity contribution in [1.29, 1.82) is 0 Å². The van der Waals surface area contributed by atoms with Gasteiger partial charge in [-0.1, -0.05) is 57.9 Å². The SMILES string of the molecule is C=CC(=O)OCCCCCCCCCCCCOP(=O)([O-])OCC[N+](C)(C)C. The summed E-state index contributed by atoms with van der Waals surface area (Å²) in [6.07, 6.45) is 11.9. The van der Waals surface area contributed by atoms with Crippen molar-refractivity contribution in [2.45, 2.75) is 64.2 Å². The van der Waals surface area contributed by atoms with Crippen LogP contribution in [0.4, 0.5) is 0 Å². The standard InChI is InChI=1S/C20H40NO6P/c1-5-20(22)25-17-14-12-10-8-6-7-9-11-13-15-18-26-28(23,24)27-19-16-21(2,3)4/h5H,1,6-19H2,2-4H3. The Hall–Kier alpha value is -0.720. The molecule has 7 nitrogen and oxygen atoms in total. The second kappa shape index (κ2) is 16.1. The smallest absolute Gasteiger partial charge is 0.330 e. The highest BCUT2D eigenvalue weighted by molar-refractivity contribution is 7.45. The van der Waals surface area contributed by atoms with Crippen LogP contribution in [0.15, 0.2) is 12.7 Å². The van der Waals surface area contributed by atoms with E-state index in [1.807, 2.05) is 21.1 Å². The van der Waals surface area contributed by atoms with E-state index in [9.17, 15) is 14.3 Å². The number of unbranched alkanes of at least 4 members (excludes halogenated alkanes) is 9. The zero-order valence-corrected chi connectivity index (χ0v) is 18.9. The predicted molar refractivity (Wildman–Crippen MR) is 110 cm³/mol. The van der Waals surface area contributed by atoms with E-state index in [1.165, 1.54) is 25.3 Å². The molecule has 0 saturated carbocycles. The molecule has 0 spiro atoms. The number of hydrogen-bond acceptors (Lipinski definition) is 6. The topological polar surface area (TPSA) is 84.9 Å². The molecule has 28 heavy (non-hydrogen) atoms. The number of rotatable bonds is 19. The number of hydrogen-bond donors (Lipinski definition) is 0. The second-order valence-electron chi connectivity index (χ2n) is 8.03. The van der Waals surface area contributed by atoms with Gasteiger partial charge in [0.25, 0.3) is 7.82 Å². The van der Waals surface area contributed by atoms with Gasteiger partial charge in [-0.2, -0.15) is 0 Å². The van der Waals surface area contributed by atoms with E-state index in [2.05, 4.69) is 6.58 Å². The summed E-state index contributed by atoms with van der Waals surface area (Å²) in [7, 11) is 1.77. The maximum Gasteiger partial charge on any atom is 0.330 e. The van der Waals surface area contributed by atoms with Gasteiger partial charge in [0, 0.05) is 6.08 Å². The average Bonchev–Trinajstić information content (AvgIpc) is 2.60. The molecule has 0 aromatic heterocycles. The van der Waals surface area contributed by atoms with E-state index in [-0.39, 0.29) is 19.2 Å². The van der Waals surface area contributed by atoms with Crippen molar-refractivity contribution >= 4 is 13.8 Å². The van der Waals surface area contributed by atoms with Gasteiger partial charge in [-0.05, 0) is 12.8 Å². The second-order valence-corrected chi connectivity index (χ2v) is 9.45. The van der Waals surface area contributed by atoms with E-state index in [1.54, 1.807) is 0 Å². The van der Waals surface area contributed by atoms with Gasteiger partial charge in [-0.15, -0.1) is 0 Å². The van der Waals surface area contributed by atoms with Crippen molar-refractivity contribution < 1.29 is 32.5 Å². The van der Waals surface area contributed by atoms with Crippen LogP contribution in [-0.2, 0) is 23.1 Å². The number of ether oxygens (including phenoxy) is 1. The molecule has 0 aliphatic heterocycles. The fourth-order valence-electron chi connectivity index (χ4n) is 2.49. The van der Waals surface area contributed by atoms with E-state index in [4.69, 9.17) is 13.8 Å². The number of carbonyl (C=O) groups excluding carboxylic acids is 1. The number of nitrogens with zero attached hydrogens (tertiary/aromatic N) is 1. The van der Waals surface area contributed by atoms with Gasteiger partial charge in [0.2, 0.25) is 0 Å². The van der Waals surface area contributed by atoms with E-state index < -0.39 is 7.82 Å². The van der Waals surface area contributed by atoms with E-state index >= 15 is 0 Å². The minimum absolute atomic E-state index is 0.143. The number of likely N-dealkylation sites (N-methyl/N-ethyl adjacent to an activating group) is 1. The van der Waals surface area contributed by atoms with Crippen molar-refractivity contribution in [1.82, 2.24) is 0 Å². The van der Waals surface area contributed by atoms with Crippen molar-refractivity contribution in [2.75, 3.05) is 47.5 Å². The summed E-state index contributed by atoms with van der Waals surface area (Å²) in [5.41, 5.74) is 0. The van der Waals surface area contributed by atoms with Gasteiger partial charge in [-0.25, -0.2) is 4.79 Å². The molecule has 0 radical (unpaired) electrons.